The number of aryl methyl sites for hydroxylation is 2. The molecule has 0 unspecified atom stereocenters. The van der Waals surface area contributed by atoms with Gasteiger partial charge < -0.3 is 4.90 Å². The van der Waals surface area contributed by atoms with Crippen LogP contribution < -0.4 is 4.90 Å². The summed E-state index contributed by atoms with van der Waals surface area (Å²) in [7, 11) is 0.502. The standard InChI is InChI=1S/C22H27N3O3S2.ClH/c1-6-30(27,28)18-9-7-8-17(14-18)21(26)25(13-12-24(4)5)22-23-19-15(2)10-11-16(3)20(19)29-22;/h7-11,14H,6,12-13H2,1-5H3;1H. The van der Waals surface area contributed by atoms with E-state index in [9.17, 15) is 13.2 Å². The van der Waals surface area contributed by atoms with Crippen LogP contribution in [0.4, 0.5) is 5.13 Å². The van der Waals surface area contributed by atoms with E-state index < -0.39 is 9.84 Å². The van der Waals surface area contributed by atoms with E-state index in [0.717, 1.165) is 21.3 Å². The summed E-state index contributed by atoms with van der Waals surface area (Å²) in [6, 6.07) is 10.4. The van der Waals surface area contributed by atoms with Crippen molar-refractivity contribution >= 4 is 54.8 Å². The van der Waals surface area contributed by atoms with Gasteiger partial charge in [0.05, 0.1) is 20.9 Å². The van der Waals surface area contributed by atoms with Crippen molar-refractivity contribution in [3.8, 4) is 0 Å². The molecule has 0 radical (unpaired) electrons. The van der Waals surface area contributed by atoms with Crippen molar-refractivity contribution in [2.45, 2.75) is 25.7 Å². The second kappa shape index (κ2) is 10.1. The molecule has 0 atom stereocenters. The lowest BCUT2D eigenvalue weighted by molar-refractivity contribution is 0.0985. The third-order valence-corrected chi connectivity index (χ3v) is 7.94. The van der Waals surface area contributed by atoms with Crippen LogP contribution >= 0.6 is 23.7 Å². The third kappa shape index (κ3) is 5.44. The second-order valence-corrected chi connectivity index (χ2v) is 10.8. The maximum atomic E-state index is 13.5. The number of halogens is 1. The first-order chi connectivity index (χ1) is 14.1. The number of sulfone groups is 1. The highest BCUT2D eigenvalue weighted by Gasteiger charge is 2.23. The Morgan fingerprint density at radius 3 is 2.35 bits per heavy atom. The molecule has 0 aliphatic rings. The van der Waals surface area contributed by atoms with E-state index in [1.807, 2.05) is 38.9 Å². The first kappa shape index (κ1) is 25.3. The Hall–Kier alpha value is -2.00. The van der Waals surface area contributed by atoms with E-state index in [-0.39, 0.29) is 29.0 Å². The van der Waals surface area contributed by atoms with Gasteiger partial charge in [-0.3, -0.25) is 9.69 Å². The molecule has 1 amide bonds. The summed E-state index contributed by atoms with van der Waals surface area (Å²) < 4.78 is 25.6. The van der Waals surface area contributed by atoms with Crippen LogP contribution in [0.3, 0.4) is 0 Å². The lowest BCUT2D eigenvalue weighted by Gasteiger charge is -2.22. The predicted octanol–water partition coefficient (Wildman–Crippen LogP) is 4.34. The minimum Gasteiger partial charge on any atom is -0.308 e. The maximum absolute atomic E-state index is 13.5. The highest BCUT2D eigenvalue weighted by molar-refractivity contribution is 7.91. The first-order valence-corrected chi connectivity index (χ1v) is 12.3. The number of carbonyl (C=O) groups is 1. The van der Waals surface area contributed by atoms with Crippen molar-refractivity contribution in [1.82, 2.24) is 9.88 Å². The molecule has 0 N–H and O–H groups in total. The fraction of sp³-hybridized carbons (Fsp3) is 0.364. The van der Waals surface area contributed by atoms with E-state index in [1.165, 1.54) is 23.5 Å². The highest BCUT2D eigenvalue weighted by Crippen LogP contribution is 2.33. The number of hydrogen-bond donors (Lipinski definition) is 0. The molecule has 2 aromatic carbocycles. The Labute approximate surface area is 194 Å². The minimum absolute atomic E-state index is 0. The van der Waals surface area contributed by atoms with Crippen LogP contribution in [0.2, 0.25) is 0 Å². The number of likely N-dealkylation sites (N-methyl/N-ethyl adjacent to an activating group) is 1. The van der Waals surface area contributed by atoms with Gasteiger partial charge >= 0.3 is 0 Å². The van der Waals surface area contributed by atoms with Crippen molar-refractivity contribution < 1.29 is 13.2 Å². The quantitative estimate of drug-likeness (QED) is 0.502. The average molecular weight is 482 g/mol. The van der Waals surface area contributed by atoms with Crippen LogP contribution in [0.15, 0.2) is 41.3 Å². The molecule has 3 rings (SSSR count). The Morgan fingerprint density at radius 2 is 1.74 bits per heavy atom. The fourth-order valence-electron chi connectivity index (χ4n) is 3.09. The molecule has 1 aromatic heterocycles. The largest absolute Gasteiger partial charge is 0.308 e. The highest BCUT2D eigenvalue weighted by atomic mass is 35.5. The average Bonchev–Trinajstić information content (AvgIpc) is 3.17. The Balaban J connectivity index is 0.00000341. The Morgan fingerprint density at radius 1 is 1.06 bits per heavy atom. The summed E-state index contributed by atoms with van der Waals surface area (Å²) in [6.45, 7) is 6.76. The number of hydrogen-bond acceptors (Lipinski definition) is 6. The summed E-state index contributed by atoms with van der Waals surface area (Å²) >= 11 is 1.49. The first-order valence-electron chi connectivity index (χ1n) is 9.80. The number of thiazole rings is 1. The molecular formula is C22H28ClN3O3S2. The van der Waals surface area contributed by atoms with Crippen LogP contribution in [-0.2, 0) is 9.84 Å². The smallest absolute Gasteiger partial charge is 0.260 e. The maximum Gasteiger partial charge on any atom is 0.260 e. The Bertz CT molecular complexity index is 1150. The predicted molar refractivity (Wildman–Crippen MR) is 131 cm³/mol. The van der Waals surface area contributed by atoms with Crippen molar-refractivity contribution in [3.63, 3.8) is 0 Å². The van der Waals surface area contributed by atoms with Crippen LogP contribution in [-0.4, -0.2) is 57.1 Å². The van der Waals surface area contributed by atoms with Crippen LogP contribution in [0.5, 0.6) is 0 Å². The van der Waals surface area contributed by atoms with Crippen molar-refractivity contribution in [1.29, 1.82) is 0 Å². The molecule has 0 aliphatic heterocycles. The third-order valence-electron chi connectivity index (χ3n) is 5.00. The summed E-state index contributed by atoms with van der Waals surface area (Å²) in [5.74, 6) is -0.259. The normalized spacial score (nSPS) is 11.5. The number of amides is 1. The number of rotatable bonds is 7. The molecular weight excluding hydrogens is 454 g/mol. The van der Waals surface area contributed by atoms with E-state index >= 15 is 0 Å². The summed E-state index contributed by atoms with van der Waals surface area (Å²) in [6.07, 6.45) is 0. The SMILES string of the molecule is CCS(=O)(=O)c1cccc(C(=O)N(CCN(C)C)c2nc3c(C)ccc(C)c3s2)c1.Cl. The molecule has 0 fully saturated rings. The summed E-state index contributed by atoms with van der Waals surface area (Å²) in [5, 5.41) is 0.623. The molecule has 0 bridgehead atoms. The van der Waals surface area contributed by atoms with Crippen molar-refractivity contribution in [2.75, 3.05) is 37.8 Å². The van der Waals surface area contributed by atoms with Gasteiger partial charge in [0.15, 0.2) is 15.0 Å². The number of aromatic nitrogens is 1. The van der Waals surface area contributed by atoms with Gasteiger partial charge in [0.1, 0.15) is 0 Å². The molecule has 1 heterocycles. The molecule has 0 aliphatic carbocycles. The molecule has 0 saturated heterocycles. The zero-order chi connectivity index (χ0) is 22.1. The van der Waals surface area contributed by atoms with Crippen LogP contribution in [0.25, 0.3) is 10.2 Å². The van der Waals surface area contributed by atoms with Crippen LogP contribution in [0.1, 0.15) is 28.4 Å². The zero-order valence-corrected chi connectivity index (χ0v) is 20.8. The van der Waals surface area contributed by atoms with E-state index in [4.69, 9.17) is 4.98 Å². The molecule has 31 heavy (non-hydrogen) atoms. The number of nitrogens with zero attached hydrogens (tertiary/aromatic N) is 3. The Kier molecular flexibility index (Phi) is 8.21. The molecule has 9 heteroatoms. The number of anilines is 1. The lowest BCUT2D eigenvalue weighted by atomic mass is 10.1. The second-order valence-electron chi connectivity index (χ2n) is 7.56. The zero-order valence-electron chi connectivity index (χ0n) is 18.4. The van der Waals surface area contributed by atoms with Crippen LogP contribution in [0, 0.1) is 13.8 Å². The summed E-state index contributed by atoms with van der Waals surface area (Å²) in [4.78, 5) is 22.0. The number of fused-ring (bicyclic) bond motifs is 1. The van der Waals surface area contributed by atoms with Gasteiger partial charge in [-0.15, -0.1) is 12.4 Å². The number of benzene rings is 2. The lowest BCUT2D eigenvalue weighted by Crippen LogP contribution is -2.36. The number of carbonyl (C=O) groups excluding carboxylic acids is 1. The van der Waals surface area contributed by atoms with Gasteiger partial charge in [-0.25, -0.2) is 13.4 Å². The molecule has 6 nitrogen and oxygen atoms in total. The molecule has 3 aromatic rings. The van der Waals surface area contributed by atoms with Crippen molar-refractivity contribution in [2.24, 2.45) is 0 Å². The monoisotopic (exact) mass is 481 g/mol. The van der Waals surface area contributed by atoms with Gasteiger partial charge in [-0.1, -0.05) is 36.5 Å². The fourth-order valence-corrected chi connectivity index (χ4v) is 5.15. The van der Waals surface area contributed by atoms with Gasteiger partial charge in [0.2, 0.25) is 0 Å². The van der Waals surface area contributed by atoms with Gasteiger partial charge in [-0.05, 0) is 57.3 Å². The van der Waals surface area contributed by atoms with Crippen molar-refractivity contribution in [3.05, 3.63) is 53.1 Å². The van der Waals surface area contributed by atoms with Gasteiger partial charge in [0, 0.05) is 18.7 Å². The molecule has 0 saturated carbocycles. The van der Waals surface area contributed by atoms with Gasteiger partial charge in [-0.2, -0.15) is 0 Å². The van der Waals surface area contributed by atoms with E-state index in [0.29, 0.717) is 23.8 Å². The minimum atomic E-state index is -3.39. The molecule has 0 spiro atoms. The van der Waals surface area contributed by atoms with Gasteiger partial charge in [0.25, 0.3) is 5.91 Å². The summed E-state index contributed by atoms with van der Waals surface area (Å²) in [5.41, 5.74) is 3.43. The van der Waals surface area contributed by atoms with E-state index in [1.54, 1.807) is 24.0 Å². The van der Waals surface area contributed by atoms with E-state index in [2.05, 4.69) is 6.07 Å². The topological polar surface area (TPSA) is 70.6 Å². The molecule has 168 valence electrons.